The lowest BCUT2D eigenvalue weighted by Crippen LogP contribution is -1.97. The molecule has 0 saturated heterocycles. The topological polar surface area (TPSA) is 63.8 Å². The number of nitrogen functional groups attached to an aromatic ring is 1. The van der Waals surface area contributed by atoms with Gasteiger partial charge >= 0.3 is 0 Å². The molecule has 0 radical (unpaired) electrons. The van der Waals surface area contributed by atoms with Crippen molar-refractivity contribution in [2.24, 2.45) is 0 Å². The van der Waals surface area contributed by atoms with Gasteiger partial charge in [-0.2, -0.15) is 0 Å². The standard InChI is InChI=1S/C15H14N4S/c1-10-3-2-4-11(9-10)18-15-17-8-7-12(19-15)13-5-6-14(16)20-13/h2-9H,16H2,1H3,(H,17,18,19). The third-order valence-corrected chi connectivity index (χ3v) is 3.75. The first kappa shape index (κ1) is 12.6. The van der Waals surface area contributed by atoms with E-state index in [9.17, 15) is 0 Å². The highest BCUT2D eigenvalue weighted by molar-refractivity contribution is 7.19. The Kier molecular flexibility index (Phi) is 3.35. The van der Waals surface area contributed by atoms with E-state index >= 15 is 0 Å². The Morgan fingerprint density at radius 2 is 2.05 bits per heavy atom. The van der Waals surface area contributed by atoms with E-state index in [4.69, 9.17) is 5.73 Å². The lowest BCUT2D eigenvalue weighted by molar-refractivity contribution is 1.17. The number of aromatic nitrogens is 2. The van der Waals surface area contributed by atoms with E-state index in [0.717, 1.165) is 21.3 Å². The Bertz CT molecular complexity index is 736. The first-order valence-corrected chi connectivity index (χ1v) is 7.05. The molecule has 0 atom stereocenters. The molecule has 2 heterocycles. The Balaban J connectivity index is 1.88. The van der Waals surface area contributed by atoms with Crippen molar-refractivity contribution in [3.63, 3.8) is 0 Å². The highest BCUT2D eigenvalue weighted by Crippen LogP contribution is 2.28. The SMILES string of the molecule is Cc1cccc(Nc2nccc(-c3ccc(N)s3)n2)c1. The Labute approximate surface area is 121 Å². The van der Waals surface area contributed by atoms with Crippen molar-refractivity contribution in [1.29, 1.82) is 0 Å². The number of anilines is 3. The van der Waals surface area contributed by atoms with Crippen LogP contribution in [0.1, 0.15) is 5.56 Å². The van der Waals surface area contributed by atoms with Crippen molar-refractivity contribution < 1.29 is 0 Å². The molecule has 0 saturated carbocycles. The van der Waals surface area contributed by atoms with Crippen molar-refractivity contribution in [1.82, 2.24) is 9.97 Å². The molecule has 4 nitrogen and oxygen atoms in total. The number of nitrogens with zero attached hydrogens (tertiary/aromatic N) is 2. The zero-order valence-electron chi connectivity index (χ0n) is 11.0. The summed E-state index contributed by atoms with van der Waals surface area (Å²) in [5.41, 5.74) is 8.80. The van der Waals surface area contributed by atoms with Gasteiger partial charge in [-0.15, -0.1) is 11.3 Å². The molecule has 0 unspecified atom stereocenters. The van der Waals surface area contributed by atoms with Gasteiger partial charge in [-0.3, -0.25) is 0 Å². The van der Waals surface area contributed by atoms with Crippen LogP contribution < -0.4 is 11.1 Å². The van der Waals surface area contributed by atoms with Gasteiger partial charge in [-0.1, -0.05) is 12.1 Å². The molecular formula is C15H14N4S. The van der Waals surface area contributed by atoms with Crippen molar-refractivity contribution in [2.45, 2.75) is 6.92 Å². The normalized spacial score (nSPS) is 10.4. The minimum absolute atomic E-state index is 0.583. The van der Waals surface area contributed by atoms with E-state index < -0.39 is 0 Å². The fourth-order valence-electron chi connectivity index (χ4n) is 1.90. The summed E-state index contributed by atoms with van der Waals surface area (Å²) in [5.74, 6) is 0.583. The summed E-state index contributed by atoms with van der Waals surface area (Å²) in [5, 5.41) is 4.00. The fourth-order valence-corrected chi connectivity index (χ4v) is 2.64. The van der Waals surface area contributed by atoms with Gasteiger partial charge in [0.05, 0.1) is 15.6 Å². The average molecular weight is 282 g/mol. The highest BCUT2D eigenvalue weighted by Gasteiger charge is 2.05. The predicted octanol–water partition coefficient (Wildman–Crippen LogP) is 3.84. The van der Waals surface area contributed by atoms with Gasteiger partial charge in [-0.25, -0.2) is 9.97 Å². The second kappa shape index (κ2) is 5.30. The molecule has 1 aromatic carbocycles. The number of hydrogen-bond acceptors (Lipinski definition) is 5. The van der Waals surface area contributed by atoms with Gasteiger partial charge in [0.25, 0.3) is 0 Å². The second-order valence-electron chi connectivity index (χ2n) is 4.46. The number of aryl methyl sites for hydroxylation is 1. The van der Waals surface area contributed by atoms with Crippen molar-refractivity contribution >= 4 is 28.0 Å². The minimum Gasteiger partial charge on any atom is -0.391 e. The summed E-state index contributed by atoms with van der Waals surface area (Å²) in [4.78, 5) is 9.80. The van der Waals surface area contributed by atoms with Crippen LogP contribution in [0.3, 0.4) is 0 Å². The largest absolute Gasteiger partial charge is 0.391 e. The average Bonchev–Trinajstić information content (AvgIpc) is 2.86. The van der Waals surface area contributed by atoms with E-state index in [1.54, 1.807) is 6.20 Å². The number of nitrogens with one attached hydrogen (secondary N) is 1. The van der Waals surface area contributed by atoms with Crippen molar-refractivity contribution in [3.05, 3.63) is 54.2 Å². The summed E-state index contributed by atoms with van der Waals surface area (Å²) in [6.45, 7) is 2.05. The highest BCUT2D eigenvalue weighted by atomic mass is 32.1. The van der Waals surface area contributed by atoms with Crippen LogP contribution in [0.15, 0.2) is 48.7 Å². The predicted molar refractivity (Wildman–Crippen MR) is 84.2 cm³/mol. The van der Waals surface area contributed by atoms with E-state index in [-0.39, 0.29) is 0 Å². The molecule has 5 heteroatoms. The summed E-state index contributed by atoms with van der Waals surface area (Å²) < 4.78 is 0. The van der Waals surface area contributed by atoms with Crippen LogP contribution in [0.5, 0.6) is 0 Å². The maximum atomic E-state index is 5.75. The second-order valence-corrected chi connectivity index (χ2v) is 5.58. The monoisotopic (exact) mass is 282 g/mol. The molecule has 0 spiro atoms. The fraction of sp³-hybridized carbons (Fsp3) is 0.0667. The smallest absolute Gasteiger partial charge is 0.227 e. The molecule has 0 bridgehead atoms. The van der Waals surface area contributed by atoms with Gasteiger partial charge in [0.15, 0.2) is 0 Å². The summed E-state index contributed by atoms with van der Waals surface area (Å²) in [6, 6.07) is 13.8. The molecule has 20 heavy (non-hydrogen) atoms. The van der Waals surface area contributed by atoms with Gasteiger partial charge in [0.2, 0.25) is 5.95 Å². The van der Waals surface area contributed by atoms with Gasteiger partial charge in [0.1, 0.15) is 0 Å². The number of rotatable bonds is 3. The molecule has 0 aliphatic heterocycles. The van der Waals surface area contributed by atoms with Gasteiger partial charge < -0.3 is 11.1 Å². The van der Waals surface area contributed by atoms with Crippen LogP contribution in [0.4, 0.5) is 16.6 Å². The molecule has 2 aromatic heterocycles. The third kappa shape index (κ3) is 2.78. The maximum absolute atomic E-state index is 5.75. The molecule has 0 fully saturated rings. The van der Waals surface area contributed by atoms with Crippen molar-refractivity contribution in [3.8, 4) is 10.6 Å². The number of benzene rings is 1. The van der Waals surface area contributed by atoms with Crippen LogP contribution in [0.25, 0.3) is 10.6 Å². The summed E-state index contributed by atoms with van der Waals surface area (Å²) >= 11 is 1.52. The molecule has 3 aromatic rings. The number of nitrogens with two attached hydrogens (primary N) is 1. The van der Waals surface area contributed by atoms with Gasteiger partial charge in [-0.05, 0) is 42.8 Å². The Morgan fingerprint density at radius 3 is 2.80 bits per heavy atom. The quantitative estimate of drug-likeness (QED) is 0.766. The van der Waals surface area contributed by atoms with Crippen LogP contribution in [-0.4, -0.2) is 9.97 Å². The van der Waals surface area contributed by atoms with E-state index in [1.807, 2.05) is 30.3 Å². The minimum atomic E-state index is 0.583. The van der Waals surface area contributed by atoms with E-state index in [0.29, 0.717) is 5.95 Å². The maximum Gasteiger partial charge on any atom is 0.227 e. The zero-order valence-corrected chi connectivity index (χ0v) is 11.8. The Hall–Kier alpha value is -2.40. The summed E-state index contributed by atoms with van der Waals surface area (Å²) in [6.07, 6.45) is 1.75. The van der Waals surface area contributed by atoms with Crippen LogP contribution in [0.2, 0.25) is 0 Å². The van der Waals surface area contributed by atoms with E-state index in [2.05, 4.69) is 34.3 Å². The number of thiophene rings is 1. The first-order valence-electron chi connectivity index (χ1n) is 6.23. The van der Waals surface area contributed by atoms with Crippen LogP contribution >= 0.6 is 11.3 Å². The van der Waals surface area contributed by atoms with Crippen LogP contribution in [-0.2, 0) is 0 Å². The number of hydrogen-bond donors (Lipinski definition) is 2. The molecular weight excluding hydrogens is 268 g/mol. The molecule has 0 aliphatic carbocycles. The molecule has 3 N–H and O–H groups in total. The summed E-state index contributed by atoms with van der Waals surface area (Å²) in [7, 11) is 0. The van der Waals surface area contributed by atoms with Crippen molar-refractivity contribution in [2.75, 3.05) is 11.1 Å². The van der Waals surface area contributed by atoms with Gasteiger partial charge in [0, 0.05) is 11.9 Å². The Morgan fingerprint density at radius 1 is 1.15 bits per heavy atom. The van der Waals surface area contributed by atoms with Crippen LogP contribution in [0, 0.1) is 6.92 Å². The molecule has 3 rings (SSSR count). The molecule has 0 amide bonds. The molecule has 100 valence electrons. The molecule has 0 aliphatic rings. The zero-order chi connectivity index (χ0) is 13.9. The lowest BCUT2D eigenvalue weighted by Gasteiger charge is -2.06. The lowest BCUT2D eigenvalue weighted by atomic mass is 10.2. The first-order chi connectivity index (χ1) is 9.70. The third-order valence-electron chi connectivity index (χ3n) is 2.81. The van der Waals surface area contributed by atoms with E-state index in [1.165, 1.54) is 16.9 Å².